The van der Waals surface area contributed by atoms with Gasteiger partial charge in [-0.25, -0.2) is 4.79 Å². The highest BCUT2D eigenvalue weighted by atomic mass is 35.5. The van der Waals surface area contributed by atoms with Crippen LogP contribution in [-0.4, -0.2) is 42.8 Å². The number of hydrogen-bond donors (Lipinski definition) is 3. The van der Waals surface area contributed by atoms with E-state index in [2.05, 4.69) is 15.5 Å². The van der Waals surface area contributed by atoms with Gasteiger partial charge in [-0.2, -0.15) is 0 Å². The minimum Gasteiger partial charge on any atom is -0.481 e. The van der Waals surface area contributed by atoms with Crippen LogP contribution in [0, 0.1) is 0 Å². The summed E-state index contributed by atoms with van der Waals surface area (Å²) in [5.41, 5.74) is 0.890. The molecule has 0 aromatic heterocycles. The fraction of sp³-hybridized carbons (Fsp3) is 0.429. The summed E-state index contributed by atoms with van der Waals surface area (Å²) in [6, 6.07) is 4.98. The fourth-order valence-electron chi connectivity index (χ4n) is 2.35. The summed E-state index contributed by atoms with van der Waals surface area (Å²) < 4.78 is 0. The summed E-state index contributed by atoms with van der Waals surface area (Å²) in [7, 11) is 0. The number of carboxylic acid groups (broad SMARTS) is 1. The van der Waals surface area contributed by atoms with E-state index in [1.165, 1.54) is 0 Å². The number of halogens is 2. The minimum atomic E-state index is -0.940. The molecule has 1 heterocycles. The molecule has 3 N–H and O–H groups in total. The third-order valence-electron chi connectivity index (χ3n) is 3.40. The van der Waals surface area contributed by atoms with Gasteiger partial charge in [0.2, 0.25) is 0 Å². The third kappa shape index (κ3) is 4.68. The average molecular weight is 346 g/mol. The molecule has 0 aliphatic carbocycles. The Labute approximate surface area is 138 Å². The molecule has 1 saturated heterocycles. The lowest BCUT2D eigenvalue weighted by molar-refractivity contribution is -0.136. The second kappa shape index (κ2) is 7.56. The second-order valence-electron chi connectivity index (χ2n) is 5.07. The van der Waals surface area contributed by atoms with Gasteiger partial charge in [-0.3, -0.25) is 4.79 Å². The van der Waals surface area contributed by atoms with E-state index in [9.17, 15) is 9.59 Å². The highest BCUT2D eigenvalue weighted by molar-refractivity contribution is 6.36. The zero-order chi connectivity index (χ0) is 16.1. The van der Waals surface area contributed by atoms with Crippen molar-refractivity contribution in [2.45, 2.75) is 18.9 Å². The van der Waals surface area contributed by atoms with E-state index in [0.29, 0.717) is 16.6 Å². The van der Waals surface area contributed by atoms with Crippen molar-refractivity contribution in [3.8, 4) is 0 Å². The van der Waals surface area contributed by atoms with Crippen LogP contribution in [0.1, 0.15) is 12.8 Å². The van der Waals surface area contributed by atoms with Crippen LogP contribution in [0.15, 0.2) is 18.2 Å². The summed E-state index contributed by atoms with van der Waals surface area (Å²) in [4.78, 5) is 24.1. The van der Waals surface area contributed by atoms with Crippen LogP contribution in [0.2, 0.25) is 10.0 Å². The second-order valence-corrected chi connectivity index (χ2v) is 5.91. The standard InChI is InChI=1S/C14H17Cl2N3O3/c15-9-1-2-12(11(16)7-9)19-6-4-10(8-19)18-14(22)17-5-3-13(20)21/h1-2,7,10H,3-6,8H2,(H,20,21)(H2,17,18,22). The molecule has 1 atom stereocenters. The number of rotatable bonds is 5. The molecule has 2 rings (SSSR count). The van der Waals surface area contributed by atoms with Gasteiger partial charge in [0.1, 0.15) is 0 Å². The molecule has 0 saturated carbocycles. The van der Waals surface area contributed by atoms with E-state index in [0.717, 1.165) is 18.7 Å². The lowest BCUT2D eigenvalue weighted by Gasteiger charge is -2.20. The molecule has 1 aliphatic heterocycles. The number of amides is 2. The molecular weight excluding hydrogens is 329 g/mol. The van der Waals surface area contributed by atoms with Crippen LogP contribution in [0.25, 0.3) is 0 Å². The van der Waals surface area contributed by atoms with Crippen molar-refractivity contribution < 1.29 is 14.7 Å². The molecule has 1 fully saturated rings. The van der Waals surface area contributed by atoms with Gasteiger partial charge in [0.05, 0.1) is 17.1 Å². The van der Waals surface area contributed by atoms with Crippen LogP contribution in [0.4, 0.5) is 10.5 Å². The molecule has 0 spiro atoms. The summed E-state index contributed by atoms with van der Waals surface area (Å²) in [5.74, 6) is -0.940. The first-order valence-electron chi connectivity index (χ1n) is 6.92. The van der Waals surface area contributed by atoms with Gasteiger partial charge < -0.3 is 20.6 Å². The number of carbonyl (C=O) groups excluding carboxylic acids is 1. The molecule has 1 unspecified atom stereocenters. The molecule has 120 valence electrons. The zero-order valence-corrected chi connectivity index (χ0v) is 13.3. The first-order chi connectivity index (χ1) is 10.5. The van der Waals surface area contributed by atoms with Crippen LogP contribution in [-0.2, 0) is 4.79 Å². The van der Waals surface area contributed by atoms with Gasteiger partial charge in [0, 0.05) is 30.7 Å². The number of nitrogens with one attached hydrogen (secondary N) is 2. The van der Waals surface area contributed by atoms with E-state index in [1.54, 1.807) is 12.1 Å². The molecule has 0 radical (unpaired) electrons. The molecule has 1 aliphatic rings. The molecular formula is C14H17Cl2N3O3. The fourth-order valence-corrected chi connectivity index (χ4v) is 2.88. The molecule has 0 bridgehead atoms. The Kier molecular flexibility index (Phi) is 5.74. The van der Waals surface area contributed by atoms with Crippen LogP contribution >= 0.6 is 23.2 Å². The smallest absolute Gasteiger partial charge is 0.315 e. The number of hydrogen-bond acceptors (Lipinski definition) is 3. The molecule has 8 heteroatoms. The number of aliphatic carboxylic acids is 1. The predicted octanol–water partition coefficient (Wildman–Crippen LogP) is 2.35. The van der Waals surface area contributed by atoms with E-state index in [4.69, 9.17) is 28.3 Å². The number of nitrogens with zero attached hydrogens (tertiary/aromatic N) is 1. The maximum Gasteiger partial charge on any atom is 0.315 e. The Balaban J connectivity index is 1.82. The minimum absolute atomic E-state index is 0.00317. The highest BCUT2D eigenvalue weighted by Gasteiger charge is 2.25. The molecule has 1 aromatic rings. The zero-order valence-electron chi connectivity index (χ0n) is 11.8. The van der Waals surface area contributed by atoms with Gasteiger partial charge in [0.15, 0.2) is 0 Å². The maximum absolute atomic E-state index is 11.7. The Morgan fingerprint density at radius 1 is 1.36 bits per heavy atom. The summed E-state index contributed by atoms with van der Waals surface area (Å²) >= 11 is 12.1. The predicted molar refractivity (Wildman–Crippen MR) is 85.9 cm³/mol. The molecule has 6 nitrogen and oxygen atoms in total. The first-order valence-corrected chi connectivity index (χ1v) is 7.67. The van der Waals surface area contributed by atoms with Gasteiger partial charge in [-0.05, 0) is 24.6 Å². The molecule has 1 aromatic carbocycles. The van der Waals surface area contributed by atoms with Crippen LogP contribution in [0.3, 0.4) is 0 Å². The quantitative estimate of drug-likeness (QED) is 0.764. The van der Waals surface area contributed by atoms with E-state index in [1.807, 2.05) is 6.07 Å². The van der Waals surface area contributed by atoms with Crippen molar-refractivity contribution in [3.63, 3.8) is 0 Å². The highest BCUT2D eigenvalue weighted by Crippen LogP contribution is 2.30. The van der Waals surface area contributed by atoms with Crippen molar-refractivity contribution in [3.05, 3.63) is 28.2 Å². The van der Waals surface area contributed by atoms with Gasteiger partial charge >= 0.3 is 12.0 Å². The molecule has 22 heavy (non-hydrogen) atoms. The van der Waals surface area contributed by atoms with Crippen LogP contribution < -0.4 is 15.5 Å². The summed E-state index contributed by atoms with van der Waals surface area (Å²) in [6.45, 7) is 1.54. The van der Waals surface area contributed by atoms with Crippen molar-refractivity contribution >= 4 is 40.9 Å². The van der Waals surface area contributed by atoms with E-state index < -0.39 is 5.97 Å². The van der Waals surface area contributed by atoms with Crippen molar-refractivity contribution in [2.75, 3.05) is 24.5 Å². The Hall–Kier alpha value is -1.66. The first kappa shape index (κ1) is 16.7. The monoisotopic (exact) mass is 345 g/mol. The number of urea groups is 1. The summed E-state index contributed by atoms with van der Waals surface area (Å²) in [6.07, 6.45) is 0.704. The topological polar surface area (TPSA) is 81.7 Å². The normalized spacial score (nSPS) is 17.4. The lowest BCUT2D eigenvalue weighted by Crippen LogP contribution is -2.43. The van der Waals surface area contributed by atoms with E-state index in [-0.39, 0.29) is 25.0 Å². The number of carbonyl (C=O) groups is 2. The lowest BCUT2D eigenvalue weighted by atomic mass is 10.3. The van der Waals surface area contributed by atoms with Gasteiger partial charge in [-0.15, -0.1) is 0 Å². The number of benzene rings is 1. The van der Waals surface area contributed by atoms with Crippen LogP contribution in [0.5, 0.6) is 0 Å². The summed E-state index contributed by atoms with van der Waals surface area (Å²) in [5, 5.41) is 15.0. The Morgan fingerprint density at radius 2 is 2.14 bits per heavy atom. The third-order valence-corrected chi connectivity index (χ3v) is 3.94. The Morgan fingerprint density at radius 3 is 2.82 bits per heavy atom. The number of carboxylic acids is 1. The van der Waals surface area contributed by atoms with Crippen molar-refractivity contribution in [2.24, 2.45) is 0 Å². The van der Waals surface area contributed by atoms with Gasteiger partial charge in [0.25, 0.3) is 0 Å². The average Bonchev–Trinajstić information content (AvgIpc) is 2.86. The Bertz CT molecular complexity index is 568. The largest absolute Gasteiger partial charge is 0.481 e. The van der Waals surface area contributed by atoms with Crippen molar-refractivity contribution in [1.82, 2.24) is 10.6 Å². The molecule has 2 amide bonds. The van der Waals surface area contributed by atoms with Crippen molar-refractivity contribution in [1.29, 1.82) is 0 Å². The maximum atomic E-state index is 11.7. The number of anilines is 1. The van der Waals surface area contributed by atoms with Gasteiger partial charge in [-0.1, -0.05) is 23.2 Å². The van der Waals surface area contributed by atoms with E-state index >= 15 is 0 Å². The SMILES string of the molecule is O=C(O)CCNC(=O)NC1CCN(c2ccc(Cl)cc2Cl)C1.